The van der Waals surface area contributed by atoms with Crippen LogP contribution < -0.4 is 0 Å². The Morgan fingerprint density at radius 3 is 3.00 bits per heavy atom. The minimum atomic E-state index is -1.61. The fraction of sp³-hybridized carbons (Fsp3) is 1.00. The average Bonchev–Trinajstić information content (AvgIpc) is 2.18. The van der Waals surface area contributed by atoms with E-state index in [4.69, 9.17) is 4.55 Å². The second kappa shape index (κ2) is 6.53. The lowest BCUT2D eigenvalue weighted by molar-refractivity contribution is 0.172. The molecule has 0 aromatic rings. The molecule has 1 rings (SSSR count). The van der Waals surface area contributed by atoms with Crippen molar-refractivity contribution < 1.29 is 8.76 Å². The van der Waals surface area contributed by atoms with E-state index < -0.39 is 11.1 Å². The Balaban J connectivity index is 2.14. The molecule has 0 radical (unpaired) electrons. The van der Waals surface area contributed by atoms with E-state index in [9.17, 15) is 4.21 Å². The van der Waals surface area contributed by atoms with Gasteiger partial charge in [-0.05, 0) is 38.3 Å². The van der Waals surface area contributed by atoms with E-state index in [-0.39, 0.29) is 0 Å². The van der Waals surface area contributed by atoms with Gasteiger partial charge in [-0.1, -0.05) is 13.3 Å². The lowest BCUT2D eigenvalue weighted by Gasteiger charge is -2.32. The van der Waals surface area contributed by atoms with Crippen LogP contribution in [0.5, 0.6) is 0 Å². The Labute approximate surface area is 89.2 Å². The SMILES string of the molecule is CCC1CCCN(CCCS(=O)O)C1. The van der Waals surface area contributed by atoms with Crippen molar-refractivity contribution in [2.75, 3.05) is 25.4 Å². The van der Waals surface area contributed by atoms with Crippen LogP contribution in [0.3, 0.4) is 0 Å². The molecule has 0 spiro atoms. The fourth-order valence-electron chi connectivity index (χ4n) is 2.10. The van der Waals surface area contributed by atoms with Crippen LogP contribution in [0, 0.1) is 5.92 Å². The monoisotopic (exact) mass is 219 g/mol. The lowest BCUT2D eigenvalue weighted by atomic mass is 9.96. The molecule has 3 nitrogen and oxygen atoms in total. The number of piperidine rings is 1. The molecule has 2 unspecified atom stereocenters. The zero-order chi connectivity index (χ0) is 10.4. The maximum Gasteiger partial charge on any atom is 0.152 e. The van der Waals surface area contributed by atoms with E-state index in [1.807, 2.05) is 0 Å². The predicted octanol–water partition coefficient (Wildman–Crippen LogP) is 1.72. The minimum Gasteiger partial charge on any atom is -0.306 e. The summed E-state index contributed by atoms with van der Waals surface area (Å²) in [5, 5.41) is 0. The number of hydrogen-bond acceptors (Lipinski definition) is 2. The zero-order valence-corrected chi connectivity index (χ0v) is 9.76. The molecule has 4 heteroatoms. The summed E-state index contributed by atoms with van der Waals surface area (Å²) < 4.78 is 19.1. The molecule has 2 atom stereocenters. The first kappa shape index (κ1) is 12.1. The standard InChI is InChI=1S/C10H21NO2S/c1-2-10-5-3-6-11(9-10)7-4-8-14(12)13/h10H,2-9H2,1H3,(H,12,13). The summed E-state index contributed by atoms with van der Waals surface area (Å²) in [4.78, 5) is 2.44. The molecular weight excluding hydrogens is 198 g/mol. The molecule has 0 aromatic carbocycles. The highest BCUT2D eigenvalue weighted by Crippen LogP contribution is 2.18. The van der Waals surface area contributed by atoms with Crippen LogP contribution in [0.1, 0.15) is 32.6 Å². The molecule has 1 saturated heterocycles. The van der Waals surface area contributed by atoms with E-state index in [0.29, 0.717) is 5.75 Å². The number of likely N-dealkylation sites (tertiary alicyclic amines) is 1. The second-order valence-corrected chi connectivity index (χ2v) is 5.15. The van der Waals surface area contributed by atoms with Crippen LogP contribution in [0.2, 0.25) is 0 Å². The predicted molar refractivity (Wildman–Crippen MR) is 59.7 cm³/mol. The molecule has 0 aliphatic carbocycles. The summed E-state index contributed by atoms with van der Waals surface area (Å²) in [6.07, 6.45) is 4.77. The molecule has 84 valence electrons. The highest BCUT2D eigenvalue weighted by Gasteiger charge is 2.17. The first-order chi connectivity index (χ1) is 6.72. The van der Waals surface area contributed by atoms with Crippen molar-refractivity contribution in [3.8, 4) is 0 Å². The maximum absolute atomic E-state index is 10.5. The second-order valence-electron chi connectivity index (χ2n) is 4.10. The van der Waals surface area contributed by atoms with Gasteiger partial charge in [-0.15, -0.1) is 0 Å². The molecule has 0 amide bonds. The van der Waals surface area contributed by atoms with Gasteiger partial charge in [0.15, 0.2) is 11.1 Å². The summed E-state index contributed by atoms with van der Waals surface area (Å²) in [7, 11) is 0. The Morgan fingerprint density at radius 1 is 1.57 bits per heavy atom. The van der Waals surface area contributed by atoms with Gasteiger partial charge in [-0.2, -0.15) is 0 Å². The summed E-state index contributed by atoms with van der Waals surface area (Å²) in [6.45, 7) is 5.60. The molecule has 1 N–H and O–H groups in total. The van der Waals surface area contributed by atoms with Gasteiger partial charge >= 0.3 is 0 Å². The third kappa shape index (κ3) is 4.53. The highest BCUT2D eigenvalue weighted by molar-refractivity contribution is 7.79. The van der Waals surface area contributed by atoms with Crippen molar-refractivity contribution >= 4 is 11.1 Å². The topological polar surface area (TPSA) is 40.5 Å². The van der Waals surface area contributed by atoms with Gasteiger partial charge in [-0.3, -0.25) is 0 Å². The smallest absolute Gasteiger partial charge is 0.152 e. The van der Waals surface area contributed by atoms with Crippen molar-refractivity contribution in [1.82, 2.24) is 4.90 Å². The summed E-state index contributed by atoms with van der Waals surface area (Å²) in [5.74, 6) is 1.27. The molecule has 0 bridgehead atoms. The molecule has 1 aliphatic rings. The Morgan fingerprint density at radius 2 is 2.36 bits per heavy atom. The summed E-state index contributed by atoms with van der Waals surface area (Å²) in [6, 6.07) is 0. The molecular formula is C10H21NO2S. The zero-order valence-electron chi connectivity index (χ0n) is 8.95. The molecule has 1 heterocycles. The van der Waals surface area contributed by atoms with Crippen molar-refractivity contribution in [2.45, 2.75) is 32.6 Å². The van der Waals surface area contributed by atoms with Crippen LogP contribution in [-0.2, 0) is 11.1 Å². The van der Waals surface area contributed by atoms with Crippen molar-refractivity contribution in [2.24, 2.45) is 5.92 Å². The van der Waals surface area contributed by atoms with Crippen LogP contribution in [0.25, 0.3) is 0 Å². The first-order valence-electron chi connectivity index (χ1n) is 5.52. The van der Waals surface area contributed by atoms with Crippen molar-refractivity contribution in [3.05, 3.63) is 0 Å². The molecule has 0 aromatic heterocycles. The van der Waals surface area contributed by atoms with Crippen LogP contribution in [-0.4, -0.2) is 39.0 Å². The van der Waals surface area contributed by atoms with E-state index in [1.54, 1.807) is 0 Å². The van der Waals surface area contributed by atoms with Gasteiger partial charge in [0, 0.05) is 6.54 Å². The molecule has 1 fully saturated rings. The highest BCUT2D eigenvalue weighted by atomic mass is 32.2. The van der Waals surface area contributed by atoms with Gasteiger partial charge in [0.2, 0.25) is 0 Å². The Hall–Kier alpha value is 0.0700. The molecule has 0 saturated carbocycles. The largest absolute Gasteiger partial charge is 0.306 e. The van der Waals surface area contributed by atoms with Gasteiger partial charge in [0.1, 0.15) is 0 Å². The van der Waals surface area contributed by atoms with Gasteiger partial charge in [0.25, 0.3) is 0 Å². The van der Waals surface area contributed by atoms with Crippen molar-refractivity contribution in [3.63, 3.8) is 0 Å². The van der Waals surface area contributed by atoms with Crippen molar-refractivity contribution in [1.29, 1.82) is 0 Å². The Kier molecular flexibility index (Phi) is 5.67. The summed E-state index contributed by atoms with van der Waals surface area (Å²) >= 11 is -1.61. The number of nitrogens with zero attached hydrogens (tertiary/aromatic N) is 1. The molecule has 1 aliphatic heterocycles. The number of hydrogen-bond donors (Lipinski definition) is 1. The maximum atomic E-state index is 10.5. The Bertz CT molecular complexity index is 187. The number of rotatable bonds is 5. The quantitative estimate of drug-likeness (QED) is 0.716. The van der Waals surface area contributed by atoms with Gasteiger partial charge in [-0.25, -0.2) is 4.21 Å². The minimum absolute atomic E-state index is 0.424. The van der Waals surface area contributed by atoms with E-state index >= 15 is 0 Å². The summed E-state index contributed by atoms with van der Waals surface area (Å²) in [5.41, 5.74) is 0. The van der Waals surface area contributed by atoms with E-state index in [2.05, 4.69) is 11.8 Å². The third-order valence-corrected chi connectivity index (χ3v) is 3.61. The first-order valence-corrected chi connectivity index (χ1v) is 6.79. The lowest BCUT2D eigenvalue weighted by Crippen LogP contribution is -2.36. The van der Waals surface area contributed by atoms with Gasteiger partial charge in [0.05, 0.1) is 5.75 Å². The average molecular weight is 219 g/mol. The van der Waals surface area contributed by atoms with Crippen LogP contribution in [0.4, 0.5) is 0 Å². The third-order valence-electron chi connectivity index (χ3n) is 2.97. The molecule has 14 heavy (non-hydrogen) atoms. The normalized spacial score (nSPS) is 26.3. The van der Waals surface area contributed by atoms with E-state index in [0.717, 1.165) is 18.9 Å². The fourth-order valence-corrected chi connectivity index (χ4v) is 2.48. The van der Waals surface area contributed by atoms with E-state index in [1.165, 1.54) is 32.4 Å². The van der Waals surface area contributed by atoms with Crippen LogP contribution >= 0.6 is 0 Å². The van der Waals surface area contributed by atoms with Crippen LogP contribution in [0.15, 0.2) is 0 Å². The van der Waals surface area contributed by atoms with Gasteiger partial charge < -0.3 is 9.45 Å².